The number of nitriles is 1. The summed E-state index contributed by atoms with van der Waals surface area (Å²) in [7, 11) is 0. The quantitative estimate of drug-likeness (QED) is 0.195. The van der Waals surface area contributed by atoms with Crippen molar-refractivity contribution in [2.45, 2.75) is 29.8 Å². The predicted molar refractivity (Wildman–Crippen MR) is 152 cm³/mol. The molecule has 0 saturated carbocycles. The number of thiazole rings is 1. The minimum absolute atomic E-state index is 0.395. The van der Waals surface area contributed by atoms with Gasteiger partial charge in [0.2, 0.25) is 0 Å². The van der Waals surface area contributed by atoms with Crippen molar-refractivity contribution in [1.29, 1.82) is 5.26 Å². The molecule has 0 saturated heterocycles. The van der Waals surface area contributed by atoms with Crippen LogP contribution in [0.4, 0.5) is 13.2 Å². The van der Waals surface area contributed by atoms with Crippen LogP contribution in [-0.4, -0.2) is 9.55 Å². The zero-order chi connectivity index (χ0) is 27.6. The van der Waals surface area contributed by atoms with Gasteiger partial charge in [0.05, 0.1) is 16.8 Å². The Morgan fingerprint density at radius 1 is 0.949 bits per heavy atom. The Morgan fingerprint density at radius 2 is 1.67 bits per heavy atom. The molecule has 0 spiro atoms. The number of halogens is 3. The van der Waals surface area contributed by atoms with Crippen LogP contribution in [0.25, 0.3) is 28.6 Å². The molecule has 5 rings (SSSR count). The molecule has 0 aliphatic rings. The maximum absolute atomic E-state index is 13.3. The van der Waals surface area contributed by atoms with E-state index in [0.29, 0.717) is 16.3 Å². The number of nitrogens with zero attached hydrogens (tertiary/aromatic N) is 3. The van der Waals surface area contributed by atoms with E-state index in [0.717, 1.165) is 50.1 Å². The monoisotopic (exact) mass is 557 g/mol. The molecule has 0 amide bonds. The first-order valence-electron chi connectivity index (χ1n) is 12.0. The molecule has 0 unspecified atom stereocenters. The Hall–Kier alpha value is -4.06. The molecule has 3 aromatic carbocycles. The molecule has 0 fully saturated rings. The number of benzene rings is 3. The van der Waals surface area contributed by atoms with Gasteiger partial charge in [0.25, 0.3) is 0 Å². The van der Waals surface area contributed by atoms with E-state index >= 15 is 0 Å². The van der Waals surface area contributed by atoms with Crippen LogP contribution in [0.3, 0.4) is 0 Å². The van der Waals surface area contributed by atoms with E-state index in [4.69, 9.17) is 4.98 Å². The van der Waals surface area contributed by atoms with Crippen molar-refractivity contribution in [2.75, 3.05) is 0 Å². The first-order valence-corrected chi connectivity index (χ1v) is 13.7. The minimum atomic E-state index is -4.43. The van der Waals surface area contributed by atoms with Gasteiger partial charge in [-0.3, -0.25) is 0 Å². The topological polar surface area (TPSA) is 41.6 Å². The molecular formula is C31H22F3N3S2. The van der Waals surface area contributed by atoms with Crippen LogP contribution >= 0.6 is 23.1 Å². The number of allylic oxidation sites excluding steroid dienone is 1. The third-order valence-corrected chi connectivity index (χ3v) is 8.08. The lowest BCUT2D eigenvalue weighted by Crippen LogP contribution is -2.07. The molecule has 3 nitrogen and oxygen atoms in total. The second-order valence-electron chi connectivity index (χ2n) is 8.86. The fraction of sp³-hybridized carbons (Fsp3) is 0.0968. The highest BCUT2D eigenvalue weighted by atomic mass is 32.2. The Balaban J connectivity index is 1.40. The van der Waals surface area contributed by atoms with Crippen LogP contribution in [-0.2, 0) is 6.18 Å². The first-order chi connectivity index (χ1) is 18.7. The molecule has 0 aliphatic carbocycles. The van der Waals surface area contributed by atoms with Crippen LogP contribution in [0.5, 0.6) is 0 Å². The van der Waals surface area contributed by atoms with Crippen LogP contribution in [0.15, 0.2) is 100 Å². The van der Waals surface area contributed by atoms with Gasteiger partial charge in [-0.2, -0.15) is 18.4 Å². The maximum atomic E-state index is 13.3. The summed E-state index contributed by atoms with van der Waals surface area (Å²) in [6, 6.07) is 27.6. The lowest BCUT2D eigenvalue weighted by Gasteiger charge is -2.13. The number of alkyl halides is 3. The van der Waals surface area contributed by atoms with Gasteiger partial charge >= 0.3 is 6.18 Å². The number of hydrogen-bond acceptors (Lipinski definition) is 4. The first kappa shape index (κ1) is 26.5. The second-order valence-corrected chi connectivity index (χ2v) is 10.9. The molecule has 0 atom stereocenters. The standard InChI is InChI=1S/C31H22F3N3S2/c1-20-15-23(21(2)37(20)26-8-6-7-25(17-26)31(32,33)34)16-24(18-35)30-36-29(19-38-30)22-11-13-28(14-12-22)39-27-9-4-3-5-10-27/h3-17,19H,1-2H3. The zero-order valence-corrected chi connectivity index (χ0v) is 22.7. The smallest absolute Gasteiger partial charge is 0.318 e. The normalized spacial score (nSPS) is 11.9. The summed E-state index contributed by atoms with van der Waals surface area (Å²) in [5.41, 5.74) is 4.10. The molecule has 2 heterocycles. The van der Waals surface area contributed by atoms with E-state index in [-0.39, 0.29) is 0 Å². The molecule has 0 N–H and O–H groups in total. The number of aryl methyl sites for hydroxylation is 1. The van der Waals surface area contributed by atoms with Gasteiger partial charge in [0.15, 0.2) is 0 Å². The van der Waals surface area contributed by atoms with Crippen molar-refractivity contribution in [3.05, 3.63) is 118 Å². The van der Waals surface area contributed by atoms with Crippen molar-refractivity contribution in [3.8, 4) is 23.0 Å². The fourth-order valence-electron chi connectivity index (χ4n) is 4.30. The number of aromatic nitrogens is 2. The molecule has 194 valence electrons. The van der Waals surface area contributed by atoms with Crippen molar-refractivity contribution in [2.24, 2.45) is 0 Å². The highest BCUT2D eigenvalue weighted by Gasteiger charge is 2.30. The zero-order valence-electron chi connectivity index (χ0n) is 21.0. The summed E-state index contributed by atoms with van der Waals surface area (Å²) >= 11 is 3.07. The van der Waals surface area contributed by atoms with E-state index in [1.807, 2.05) is 55.6 Å². The lowest BCUT2D eigenvalue weighted by molar-refractivity contribution is -0.137. The van der Waals surface area contributed by atoms with Crippen LogP contribution in [0.1, 0.15) is 27.5 Å². The third kappa shape index (κ3) is 5.85. The van der Waals surface area contributed by atoms with E-state index in [1.54, 1.807) is 28.5 Å². The summed E-state index contributed by atoms with van der Waals surface area (Å²) in [5, 5.41) is 12.4. The largest absolute Gasteiger partial charge is 0.416 e. The second kappa shape index (κ2) is 11.0. The Bertz CT molecular complexity index is 1690. The third-order valence-electron chi connectivity index (χ3n) is 6.19. The van der Waals surface area contributed by atoms with Crippen LogP contribution < -0.4 is 0 Å². The molecule has 2 aromatic heterocycles. The Morgan fingerprint density at radius 3 is 2.36 bits per heavy atom. The molecule has 0 bridgehead atoms. The summed E-state index contributed by atoms with van der Waals surface area (Å²) in [6.45, 7) is 3.66. The van der Waals surface area contributed by atoms with Gasteiger partial charge in [0, 0.05) is 37.8 Å². The molecule has 5 aromatic rings. The van der Waals surface area contributed by atoms with Crippen molar-refractivity contribution < 1.29 is 13.2 Å². The predicted octanol–water partition coefficient (Wildman–Crippen LogP) is 9.45. The van der Waals surface area contributed by atoms with Crippen molar-refractivity contribution >= 4 is 34.7 Å². The van der Waals surface area contributed by atoms with Crippen LogP contribution in [0, 0.1) is 25.2 Å². The summed E-state index contributed by atoms with van der Waals surface area (Å²) in [6.07, 6.45) is -2.68. The van der Waals surface area contributed by atoms with Gasteiger partial charge in [-0.15, -0.1) is 11.3 Å². The van der Waals surface area contributed by atoms with Crippen molar-refractivity contribution in [1.82, 2.24) is 9.55 Å². The Kier molecular flexibility index (Phi) is 7.47. The van der Waals surface area contributed by atoms with Crippen LogP contribution in [0.2, 0.25) is 0 Å². The minimum Gasteiger partial charge on any atom is -0.318 e. The van der Waals surface area contributed by atoms with Gasteiger partial charge in [-0.05, 0) is 74.0 Å². The Labute approximate surface area is 232 Å². The lowest BCUT2D eigenvalue weighted by atomic mass is 10.1. The van der Waals surface area contributed by atoms with E-state index in [9.17, 15) is 18.4 Å². The molecular weight excluding hydrogens is 535 g/mol. The highest BCUT2D eigenvalue weighted by molar-refractivity contribution is 7.99. The number of rotatable bonds is 6. The molecule has 0 aliphatic heterocycles. The van der Waals surface area contributed by atoms with Crippen molar-refractivity contribution in [3.63, 3.8) is 0 Å². The molecule has 0 radical (unpaired) electrons. The molecule has 8 heteroatoms. The summed E-state index contributed by atoms with van der Waals surface area (Å²) in [4.78, 5) is 6.99. The van der Waals surface area contributed by atoms with E-state index < -0.39 is 11.7 Å². The van der Waals surface area contributed by atoms with E-state index in [2.05, 4.69) is 30.3 Å². The van der Waals surface area contributed by atoms with Gasteiger partial charge in [0.1, 0.15) is 11.1 Å². The summed E-state index contributed by atoms with van der Waals surface area (Å²) < 4.78 is 41.6. The average molecular weight is 558 g/mol. The SMILES string of the molecule is Cc1cc(C=C(C#N)c2nc(-c3ccc(Sc4ccccc4)cc3)cs2)c(C)n1-c1cccc(C(F)(F)F)c1. The number of hydrogen-bond donors (Lipinski definition) is 0. The molecule has 39 heavy (non-hydrogen) atoms. The summed E-state index contributed by atoms with van der Waals surface area (Å²) in [5.74, 6) is 0. The van der Waals surface area contributed by atoms with Gasteiger partial charge < -0.3 is 4.57 Å². The average Bonchev–Trinajstić information content (AvgIpc) is 3.52. The highest BCUT2D eigenvalue weighted by Crippen LogP contribution is 2.34. The fourth-order valence-corrected chi connectivity index (χ4v) is 5.93. The van der Waals surface area contributed by atoms with E-state index in [1.165, 1.54) is 17.4 Å². The maximum Gasteiger partial charge on any atom is 0.416 e. The van der Waals surface area contributed by atoms with Gasteiger partial charge in [-0.25, -0.2) is 4.98 Å². The van der Waals surface area contributed by atoms with Gasteiger partial charge in [-0.1, -0.05) is 48.2 Å².